The number of nitrogens with one attached hydrogen (secondary N) is 1. The zero-order valence-electron chi connectivity index (χ0n) is 10.3. The van der Waals surface area contributed by atoms with Crippen molar-refractivity contribution in [3.8, 4) is 5.75 Å². The first-order valence-electron chi connectivity index (χ1n) is 5.89. The van der Waals surface area contributed by atoms with Gasteiger partial charge >= 0.3 is 5.97 Å². The van der Waals surface area contributed by atoms with Gasteiger partial charge in [0.05, 0.1) is 4.47 Å². The molecule has 0 bridgehead atoms. The van der Waals surface area contributed by atoms with E-state index in [2.05, 4.69) is 21.2 Å². The number of carboxylic acid groups (broad SMARTS) is 1. The van der Waals surface area contributed by atoms with Gasteiger partial charge in [-0.3, -0.25) is 4.79 Å². The Morgan fingerprint density at radius 2 is 2.05 bits per heavy atom. The fourth-order valence-corrected chi connectivity index (χ4v) is 2.20. The highest BCUT2D eigenvalue weighted by atomic mass is 79.9. The van der Waals surface area contributed by atoms with Crippen LogP contribution in [0.15, 0.2) is 22.7 Å². The van der Waals surface area contributed by atoms with Crippen molar-refractivity contribution in [1.29, 1.82) is 0 Å². The SMILES string of the molecule is CC(NC(=O)c1ccc(Br)c(O)c1)(C(=O)O)C1CC1. The third-order valence-corrected chi connectivity index (χ3v) is 4.09. The molecule has 5 nitrogen and oxygen atoms in total. The molecular weight excluding hydrogens is 314 g/mol. The second-order valence-corrected chi connectivity index (χ2v) is 5.76. The van der Waals surface area contributed by atoms with E-state index in [1.54, 1.807) is 6.07 Å². The molecule has 6 heteroatoms. The fraction of sp³-hybridized carbons (Fsp3) is 0.385. The predicted molar refractivity (Wildman–Crippen MR) is 72.0 cm³/mol. The number of rotatable bonds is 4. The summed E-state index contributed by atoms with van der Waals surface area (Å²) in [6.45, 7) is 1.52. The van der Waals surface area contributed by atoms with Crippen molar-refractivity contribution in [2.45, 2.75) is 25.3 Å². The van der Waals surface area contributed by atoms with E-state index in [4.69, 9.17) is 0 Å². The lowest BCUT2D eigenvalue weighted by Gasteiger charge is -2.26. The molecule has 0 aromatic heterocycles. The van der Waals surface area contributed by atoms with E-state index < -0.39 is 17.4 Å². The molecule has 1 amide bonds. The minimum absolute atomic E-state index is 0.0296. The Hall–Kier alpha value is -1.56. The number of benzene rings is 1. The molecule has 1 aliphatic carbocycles. The molecule has 0 radical (unpaired) electrons. The molecule has 1 unspecified atom stereocenters. The lowest BCUT2D eigenvalue weighted by atomic mass is 9.95. The van der Waals surface area contributed by atoms with Crippen molar-refractivity contribution >= 4 is 27.8 Å². The van der Waals surface area contributed by atoms with Crippen molar-refractivity contribution in [3.63, 3.8) is 0 Å². The highest BCUT2D eigenvalue weighted by Gasteiger charge is 2.48. The monoisotopic (exact) mass is 327 g/mol. The van der Waals surface area contributed by atoms with Gasteiger partial charge in [-0.05, 0) is 59.8 Å². The van der Waals surface area contributed by atoms with Crippen LogP contribution in [-0.4, -0.2) is 27.6 Å². The summed E-state index contributed by atoms with van der Waals surface area (Å²) in [4.78, 5) is 23.4. The zero-order valence-corrected chi connectivity index (χ0v) is 11.9. The summed E-state index contributed by atoms with van der Waals surface area (Å²) >= 11 is 3.12. The summed E-state index contributed by atoms with van der Waals surface area (Å²) in [6, 6.07) is 4.36. The Morgan fingerprint density at radius 1 is 1.42 bits per heavy atom. The van der Waals surface area contributed by atoms with Crippen LogP contribution in [0, 0.1) is 5.92 Å². The van der Waals surface area contributed by atoms with Crippen molar-refractivity contribution in [3.05, 3.63) is 28.2 Å². The molecule has 1 fully saturated rings. The van der Waals surface area contributed by atoms with Crippen molar-refractivity contribution in [1.82, 2.24) is 5.32 Å². The van der Waals surface area contributed by atoms with Crippen LogP contribution in [0.25, 0.3) is 0 Å². The molecule has 0 aliphatic heterocycles. The number of phenolic OH excluding ortho intramolecular Hbond substituents is 1. The summed E-state index contributed by atoms with van der Waals surface area (Å²) in [7, 11) is 0. The van der Waals surface area contributed by atoms with Gasteiger partial charge in [-0.15, -0.1) is 0 Å². The number of halogens is 1. The highest BCUT2D eigenvalue weighted by Crippen LogP contribution is 2.40. The molecule has 0 saturated heterocycles. The lowest BCUT2D eigenvalue weighted by molar-refractivity contribution is -0.144. The lowest BCUT2D eigenvalue weighted by Crippen LogP contribution is -2.54. The second-order valence-electron chi connectivity index (χ2n) is 4.90. The van der Waals surface area contributed by atoms with Crippen LogP contribution in [0.5, 0.6) is 5.75 Å². The molecule has 1 aromatic carbocycles. The van der Waals surface area contributed by atoms with E-state index in [0.29, 0.717) is 4.47 Å². The molecule has 1 aromatic rings. The Morgan fingerprint density at radius 3 is 2.53 bits per heavy atom. The molecule has 1 aliphatic rings. The van der Waals surface area contributed by atoms with Crippen LogP contribution in [0.2, 0.25) is 0 Å². The number of carboxylic acids is 1. The maximum atomic E-state index is 12.1. The van der Waals surface area contributed by atoms with Gasteiger partial charge in [0, 0.05) is 5.56 Å². The molecule has 19 heavy (non-hydrogen) atoms. The minimum Gasteiger partial charge on any atom is -0.507 e. The number of aliphatic carboxylic acids is 1. The molecule has 2 rings (SSSR count). The van der Waals surface area contributed by atoms with Gasteiger partial charge in [-0.2, -0.15) is 0 Å². The standard InChI is InChI=1S/C13H14BrNO4/c1-13(12(18)19,8-3-4-8)15-11(17)7-2-5-9(14)10(16)6-7/h2,5-6,8,16H,3-4H2,1H3,(H,15,17)(H,18,19). The number of hydrogen-bond acceptors (Lipinski definition) is 3. The van der Waals surface area contributed by atoms with Crippen LogP contribution in [-0.2, 0) is 4.79 Å². The van der Waals surface area contributed by atoms with E-state index in [0.717, 1.165) is 12.8 Å². The van der Waals surface area contributed by atoms with E-state index in [9.17, 15) is 19.8 Å². The molecular formula is C13H14BrNO4. The van der Waals surface area contributed by atoms with E-state index >= 15 is 0 Å². The largest absolute Gasteiger partial charge is 0.507 e. The summed E-state index contributed by atoms with van der Waals surface area (Å²) in [5.41, 5.74) is -1.02. The first kappa shape index (κ1) is 13.9. The summed E-state index contributed by atoms with van der Waals surface area (Å²) in [6.07, 6.45) is 1.60. The first-order valence-corrected chi connectivity index (χ1v) is 6.68. The predicted octanol–water partition coefficient (Wildman–Crippen LogP) is 2.14. The van der Waals surface area contributed by atoms with Crippen LogP contribution in [0.1, 0.15) is 30.1 Å². The van der Waals surface area contributed by atoms with Gasteiger partial charge in [0.25, 0.3) is 5.91 Å². The van der Waals surface area contributed by atoms with Gasteiger partial charge in [0.2, 0.25) is 0 Å². The van der Waals surface area contributed by atoms with Crippen molar-refractivity contribution < 1.29 is 19.8 Å². The Labute approximate surface area is 118 Å². The second kappa shape index (κ2) is 4.85. The van der Waals surface area contributed by atoms with Gasteiger partial charge in [-0.1, -0.05) is 0 Å². The van der Waals surface area contributed by atoms with Crippen LogP contribution in [0.3, 0.4) is 0 Å². The van der Waals surface area contributed by atoms with Gasteiger partial charge in [0.1, 0.15) is 11.3 Å². The average Bonchev–Trinajstić information content (AvgIpc) is 3.16. The number of carbonyl (C=O) groups is 2. The first-order chi connectivity index (χ1) is 8.84. The number of amides is 1. The molecule has 1 saturated carbocycles. The quantitative estimate of drug-likeness (QED) is 0.790. The average molecular weight is 328 g/mol. The Bertz CT molecular complexity index is 541. The van der Waals surface area contributed by atoms with Crippen molar-refractivity contribution in [2.24, 2.45) is 5.92 Å². The molecule has 0 spiro atoms. The third kappa shape index (κ3) is 2.73. The summed E-state index contributed by atoms with van der Waals surface area (Å²) < 4.78 is 0.479. The van der Waals surface area contributed by atoms with Crippen LogP contribution >= 0.6 is 15.9 Å². The molecule has 3 N–H and O–H groups in total. The van der Waals surface area contributed by atoms with E-state index in [-0.39, 0.29) is 17.2 Å². The zero-order chi connectivity index (χ0) is 14.2. The summed E-state index contributed by atoms with van der Waals surface area (Å²) in [5, 5.41) is 21.4. The van der Waals surface area contributed by atoms with Gasteiger partial charge < -0.3 is 15.5 Å². The molecule has 102 valence electrons. The van der Waals surface area contributed by atoms with Gasteiger partial charge in [0.15, 0.2) is 0 Å². The maximum Gasteiger partial charge on any atom is 0.329 e. The smallest absolute Gasteiger partial charge is 0.329 e. The van der Waals surface area contributed by atoms with E-state index in [1.165, 1.54) is 19.1 Å². The number of carbonyl (C=O) groups excluding carboxylic acids is 1. The summed E-state index contributed by atoms with van der Waals surface area (Å²) in [5.74, 6) is -1.63. The van der Waals surface area contributed by atoms with Crippen LogP contribution in [0.4, 0.5) is 0 Å². The third-order valence-electron chi connectivity index (χ3n) is 3.42. The highest BCUT2D eigenvalue weighted by molar-refractivity contribution is 9.10. The Balaban J connectivity index is 2.20. The fourth-order valence-electron chi connectivity index (χ4n) is 1.95. The van der Waals surface area contributed by atoms with Crippen molar-refractivity contribution in [2.75, 3.05) is 0 Å². The minimum atomic E-state index is -1.25. The molecule has 1 atom stereocenters. The normalized spacial score (nSPS) is 17.6. The topological polar surface area (TPSA) is 86.6 Å². The van der Waals surface area contributed by atoms with Gasteiger partial charge in [-0.25, -0.2) is 4.79 Å². The maximum absolute atomic E-state index is 12.1. The Kier molecular flexibility index (Phi) is 3.54. The van der Waals surface area contributed by atoms with Crippen LogP contribution < -0.4 is 5.32 Å². The number of aromatic hydroxyl groups is 1. The van der Waals surface area contributed by atoms with E-state index in [1.807, 2.05) is 0 Å². The molecule has 0 heterocycles. The number of hydrogen-bond donors (Lipinski definition) is 3. The number of phenols is 1.